The van der Waals surface area contributed by atoms with Crippen molar-refractivity contribution in [1.29, 1.82) is 0 Å². The minimum Gasteiger partial charge on any atom is -0.497 e. The summed E-state index contributed by atoms with van der Waals surface area (Å²) in [5.74, 6) is 1.31. The van der Waals surface area contributed by atoms with Crippen molar-refractivity contribution < 1.29 is 27.4 Å². The topological polar surface area (TPSA) is 94.2 Å². The van der Waals surface area contributed by atoms with Gasteiger partial charge in [0.25, 0.3) is 10.0 Å². The monoisotopic (exact) mass is 544 g/mol. The van der Waals surface area contributed by atoms with Crippen molar-refractivity contribution >= 4 is 33.2 Å². The highest BCUT2D eigenvalue weighted by atomic mass is 35.5. The number of sulfonamides is 1. The maximum Gasteiger partial charge on any atom is 0.264 e. The molecule has 1 aliphatic heterocycles. The van der Waals surface area contributed by atoms with Crippen LogP contribution in [0.1, 0.15) is 31.9 Å². The molecule has 1 unspecified atom stereocenters. The summed E-state index contributed by atoms with van der Waals surface area (Å²) in [4.78, 5) is 13.4. The summed E-state index contributed by atoms with van der Waals surface area (Å²) in [6.07, 6.45) is 0.504. The SMILES string of the molecule is COc1ccc(S(=O)(=O)N(CC(=O)NC2CC(C)(C)Oc3cc(OC)ccc32)c2ccc(Cl)cc2)cc1. The van der Waals surface area contributed by atoms with E-state index in [4.69, 9.17) is 25.8 Å². The lowest BCUT2D eigenvalue weighted by Gasteiger charge is -2.38. The molecule has 3 aromatic carbocycles. The van der Waals surface area contributed by atoms with Gasteiger partial charge >= 0.3 is 0 Å². The minimum atomic E-state index is -4.09. The number of anilines is 1. The Bertz CT molecular complexity index is 1380. The number of fused-ring (bicyclic) bond motifs is 1. The standard InChI is InChI=1S/C27H29ClN2O6S/c1-27(2)16-24(23-14-11-21(35-4)15-25(23)36-27)29-26(31)17-30(19-7-5-18(28)6-8-19)37(32,33)22-12-9-20(34-3)10-13-22/h5-15,24H,16-17H2,1-4H3,(H,29,31). The van der Waals surface area contributed by atoms with Gasteiger partial charge in [-0.1, -0.05) is 11.6 Å². The second-order valence-electron chi connectivity index (χ2n) is 9.25. The van der Waals surface area contributed by atoms with Gasteiger partial charge in [0, 0.05) is 23.1 Å². The predicted molar refractivity (Wildman–Crippen MR) is 142 cm³/mol. The molecule has 1 heterocycles. The summed E-state index contributed by atoms with van der Waals surface area (Å²) in [5.41, 5.74) is 0.555. The van der Waals surface area contributed by atoms with E-state index in [1.807, 2.05) is 19.9 Å². The molecule has 8 nitrogen and oxygen atoms in total. The smallest absolute Gasteiger partial charge is 0.264 e. The van der Waals surface area contributed by atoms with Crippen LogP contribution in [-0.2, 0) is 14.8 Å². The van der Waals surface area contributed by atoms with Gasteiger partial charge in [-0.3, -0.25) is 9.10 Å². The van der Waals surface area contributed by atoms with Gasteiger partial charge in [-0.2, -0.15) is 0 Å². The number of nitrogens with zero attached hydrogens (tertiary/aromatic N) is 1. The fraction of sp³-hybridized carbons (Fsp3) is 0.296. The maximum absolute atomic E-state index is 13.7. The summed E-state index contributed by atoms with van der Waals surface area (Å²) < 4.78 is 44.9. The number of carbonyl (C=O) groups excluding carboxylic acids is 1. The van der Waals surface area contributed by atoms with Crippen molar-refractivity contribution in [3.63, 3.8) is 0 Å². The normalized spacial score (nSPS) is 16.2. The molecule has 0 spiro atoms. The molecule has 0 bridgehead atoms. The van der Waals surface area contributed by atoms with Crippen molar-refractivity contribution in [1.82, 2.24) is 5.32 Å². The quantitative estimate of drug-likeness (QED) is 0.430. The molecule has 10 heteroatoms. The second-order valence-corrected chi connectivity index (χ2v) is 11.6. The number of rotatable bonds is 8. The summed E-state index contributed by atoms with van der Waals surface area (Å²) in [5, 5.41) is 3.46. The summed E-state index contributed by atoms with van der Waals surface area (Å²) in [7, 11) is -1.01. The Kier molecular flexibility index (Phi) is 7.57. The third kappa shape index (κ3) is 5.94. The van der Waals surface area contributed by atoms with E-state index in [-0.39, 0.29) is 10.9 Å². The largest absolute Gasteiger partial charge is 0.497 e. The van der Waals surface area contributed by atoms with E-state index in [0.717, 1.165) is 9.87 Å². The molecular weight excluding hydrogens is 516 g/mol. The molecule has 0 aliphatic carbocycles. The van der Waals surface area contributed by atoms with Crippen LogP contribution in [0.4, 0.5) is 5.69 Å². The fourth-order valence-electron chi connectivity index (χ4n) is 4.26. The van der Waals surface area contributed by atoms with E-state index < -0.39 is 28.1 Å². The van der Waals surface area contributed by atoms with Gasteiger partial charge in [0.15, 0.2) is 0 Å². The van der Waals surface area contributed by atoms with Crippen LogP contribution in [-0.4, -0.2) is 40.7 Å². The lowest BCUT2D eigenvalue weighted by molar-refractivity contribution is -0.120. The number of nitrogens with one attached hydrogen (secondary N) is 1. The van der Waals surface area contributed by atoms with Gasteiger partial charge in [-0.15, -0.1) is 0 Å². The van der Waals surface area contributed by atoms with Gasteiger partial charge in [0.05, 0.1) is 30.8 Å². The zero-order valence-corrected chi connectivity index (χ0v) is 22.6. The number of ether oxygens (including phenoxy) is 3. The maximum atomic E-state index is 13.7. The zero-order chi connectivity index (χ0) is 26.8. The first-order chi connectivity index (χ1) is 17.5. The lowest BCUT2D eigenvalue weighted by Crippen LogP contribution is -2.45. The molecule has 0 saturated carbocycles. The summed E-state index contributed by atoms with van der Waals surface area (Å²) in [6.45, 7) is 3.44. The molecule has 1 atom stereocenters. The van der Waals surface area contributed by atoms with Crippen LogP contribution in [0.5, 0.6) is 17.2 Å². The molecule has 0 radical (unpaired) electrons. The Morgan fingerprint density at radius 3 is 2.27 bits per heavy atom. The van der Waals surface area contributed by atoms with E-state index in [1.165, 1.54) is 19.2 Å². The van der Waals surface area contributed by atoms with Crippen LogP contribution in [0.2, 0.25) is 5.02 Å². The molecule has 1 N–H and O–H groups in total. The van der Waals surface area contributed by atoms with Gasteiger partial charge in [-0.25, -0.2) is 8.42 Å². The van der Waals surface area contributed by atoms with Crippen molar-refractivity contribution in [3.05, 3.63) is 77.3 Å². The van der Waals surface area contributed by atoms with Crippen LogP contribution >= 0.6 is 11.6 Å². The molecule has 37 heavy (non-hydrogen) atoms. The zero-order valence-electron chi connectivity index (χ0n) is 21.0. The number of amides is 1. The first-order valence-electron chi connectivity index (χ1n) is 11.6. The van der Waals surface area contributed by atoms with Crippen LogP contribution in [0, 0.1) is 0 Å². The van der Waals surface area contributed by atoms with E-state index in [0.29, 0.717) is 34.4 Å². The lowest BCUT2D eigenvalue weighted by atomic mass is 9.89. The van der Waals surface area contributed by atoms with Crippen LogP contribution in [0.3, 0.4) is 0 Å². The van der Waals surface area contributed by atoms with Crippen molar-refractivity contribution in [2.75, 3.05) is 25.1 Å². The molecule has 196 valence electrons. The number of benzene rings is 3. The van der Waals surface area contributed by atoms with E-state index in [9.17, 15) is 13.2 Å². The van der Waals surface area contributed by atoms with Gasteiger partial charge in [-0.05, 0) is 74.5 Å². The Morgan fingerprint density at radius 2 is 1.65 bits per heavy atom. The van der Waals surface area contributed by atoms with Crippen LogP contribution in [0.25, 0.3) is 0 Å². The molecule has 1 amide bonds. The van der Waals surface area contributed by atoms with E-state index in [2.05, 4.69) is 5.32 Å². The molecule has 3 aromatic rings. The highest BCUT2D eigenvalue weighted by Gasteiger charge is 2.36. The van der Waals surface area contributed by atoms with Crippen molar-refractivity contribution in [3.8, 4) is 17.2 Å². The Hall–Kier alpha value is -3.43. The molecule has 0 saturated heterocycles. The molecule has 0 fully saturated rings. The summed E-state index contributed by atoms with van der Waals surface area (Å²) >= 11 is 6.03. The molecule has 0 aromatic heterocycles. The highest BCUT2D eigenvalue weighted by Crippen LogP contribution is 2.41. The Balaban J connectivity index is 1.64. The molecular formula is C27H29ClN2O6S. The minimum absolute atomic E-state index is 0.0284. The van der Waals surface area contributed by atoms with Gasteiger partial charge in [0.2, 0.25) is 5.91 Å². The number of hydrogen-bond donors (Lipinski definition) is 1. The number of halogens is 1. The molecule has 4 rings (SSSR count). The fourth-order valence-corrected chi connectivity index (χ4v) is 5.80. The second kappa shape index (κ2) is 10.5. The first kappa shape index (κ1) is 26.6. The first-order valence-corrected chi connectivity index (χ1v) is 13.4. The number of carbonyl (C=O) groups is 1. The van der Waals surface area contributed by atoms with Crippen molar-refractivity contribution in [2.45, 2.75) is 36.8 Å². The third-order valence-corrected chi connectivity index (χ3v) is 8.10. The average molecular weight is 545 g/mol. The van der Waals surface area contributed by atoms with Gasteiger partial charge in [0.1, 0.15) is 29.4 Å². The van der Waals surface area contributed by atoms with Crippen LogP contribution in [0.15, 0.2) is 71.6 Å². The highest BCUT2D eigenvalue weighted by molar-refractivity contribution is 7.92. The van der Waals surface area contributed by atoms with Gasteiger partial charge < -0.3 is 19.5 Å². The number of hydrogen-bond acceptors (Lipinski definition) is 6. The Morgan fingerprint density at radius 1 is 1.03 bits per heavy atom. The van der Waals surface area contributed by atoms with Crippen LogP contribution < -0.4 is 23.8 Å². The third-order valence-electron chi connectivity index (χ3n) is 6.06. The van der Waals surface area contributed by atoms with E-state index in [1.54, 1.807) is 55.6 Å². The predicted octanol–water partition coefficient (Wildman–Crippen LogP) is 4.97. The van der Waals surface area contributed by atoms with E-state index >= 15 is 0 Å². The average Bonchev–Trinajstić information content (AvgIpc) is 2.86. The summed E-state index contributed by atoms with van der Waals surface area (Å²) in [6, 6.07) is 17.3. The number of methoxy groups -OCH3 is 2. The Labute approximate surface area is 222 Å². The van der Waals surface area contributed by atoms with Crippen molar-refractivity contribution in [2.24, 2.45) is 0 Å². The molecule has 1 aliphatic rings.